The van der Waals surface area contributed by atoms with Crippen molar-refractivity contribution in [3.05, 3.63) is 82.7 Å². The van der Waals surface area contributed by atoms with Gasteiger partial charge in [-0.15, -0.1) is 0 Å². The van der Waals surface area contributed by atoms with E-state index in [9.17, 15) is 0 Å². The smallest absolute Gasteiger partial charge is 0.206 e. The van der Waals surface area contributed by atoms with Crippen molar-refractivity contribution < 1.29 is 4.39 Å². The highest BCUT2D eigenvalue weighted by Gasteiger charge is 2.39. The summed E-state index contributed by atoms with van der Waals surface area (Å²) in [5, 5.41) is 27.8. The monoisotopic (exact) mass is 303 g/mol. The number of halogens is 1. The van der Waals surface area contributed by atoms with E-state index in [1.807, 2.05) is 12.1 Å². The molecule has 6 heteroatoms. The van der Waals surface area contributed by atoms with Gasteiger partial charge < -0.3 is 0 Å². The lowest BCUT2D eigenvalue weighted by molar-refractivity contribution is 0.273. The summed E-state index contributed by atoms with van der Waals surface area (Å²) in [5.41, 5.74) is -0.390. The zero-order valence-electron chi connectivity index (χ0n) is 11.9. The molecule has 23 heavy (non-hydrogen) atoms. The molecule has 0 fully saturated rings. The van der Waals surface area contributed by atoms with Gasteiger partial charge in [0.05, 0.1) is 29.5 Å². The SMILES string of the molecule is N#Cc1ccc(C(F)(c2ccc(C#N)cc2)c2cn[nH]n2)cc1. The first-order valence-corrected chi connectivity index (χ1v) is 6.75. The molecule has 0 aliphatic rings. The van der Waals surface area contributed by atoms with Gasteiger partial charge in [0.25, 0.3) is 0 Å². The zero-order valence-corrected chi connectivity index (χ0v) is 11.9. The fraction of sp³-hybridized carbons (Fsp3) is 0.0588. The summed E-state index contributed by atoms with van der Waals surface area (Å²) in [6, 6.07) is 16.4. The summed E-state index contributed by atoms with van der Waals surface area (Å²) in [4.78, 5) is 0. The number of nitrogens with zero attached hydrogens (tertiary/aromatic N) is 4. The molecule has 0 radical (unpaired) electrons. The molecule has 0 atom stereocenters. The maximum absolute atomic E-state index is 16.0. The summed E-state index contributed by atoms with van der Waals surface area (Å²) in [6.07, 6.45) is 1.32. The zero-order chi connectivity index (χ0) is 16.3. The second-order valence-corrected chi connectivity index (χ2v) is 4.89. The number of H-pyrrole nitrogens is 1. The molecule has 0 spiro atoms. The molecule has 0 bridgehead atoms. The Hall–Kier alpha value is -3.51. The van der Waals surface area contributed by atoms with Gasteiger partial charge in [0.15, 0.2) is 0 Å². The molecule has 0 unspecified atom stereocenters. The van der Waals surface area contributed by atoms with E-state index in [0.29, 0.717) is 22.3 Å². The fourth-order valence-corrected chi connectivity index (χ4v) is 2.38. The van der Waals surface area contributed by atoms with E-state index in [1.165, 1.54) is 6.20 Å². The van der Waals surface area contributed by atoms with Crippen LogP contribution in [0.4, 0.5) is 4.39 Å². The molecule has 1 N–H and O–H groups in total. The Morgan fingerprint density at radius 3 is 1.70 bits per heavy atom. The first kappa shape index (κ1) is 14.4. The van der Waals surface area contributed by atoms with Gasteiger partial charge >= 0.3 is 0 Å². The molecule has 3 rings (SSSR count). The second kappa shape index (κ2) is 5.70. The van der Waals surface area contributed by atoms with Crippen LogP contribution in [0.2, 0.25) is 0 Å². The van der Waals surface area contributed by atoms with Crippen molar-refractivity contribution in [3.63, 3.8) is 0 Å². The minimum Gasteiger partial charge on any atom is -0.226 e. The van der Waals surface area contributed by atoms with Gasteiger partial charge in [-0.1, -0.05) is 24.3 Å². The van der Waals surface area contributed by atoms with Gasteiger partial charge in [-0.3, -0.25) is 0 Å². The molecular formula is C17H10FN5. The van der Waals surface area contributed by atoms with Gasteiger partial charge in [-0.25, -0.2) is 4.39 Å². The maximum Gasteiger partial charge on any atom is 0.206 e. The lowest BCUT2D eigenvalue weighted by Gasteiger charge is -2.24. The topological polar surface area (TPSA) is 89.1 Å². The highest BCUT2D eigenvalue weighted by molar-refractivity contribution is 5.47. The molecule has 110 valence electrons. The molecule has 0 aliphatic carbocycles. The number of hydrogen-bond acceptors (Lipinski definition) is 4. The Balaban J connectivity index is 2.18. The minimum atomic E-state index is -2.03. The number of hydrogen-bond donors (Lipinski definition) is 1. The predicted molar refractivity (Wildman–Crippen MR) is 79.7 cm³/mol. The lowest BCUT2D eigenvalue weighted by atomic mass is 9.85. The van der Waals surface area contributed by atoms with Crippen LogP contribution in [0, 0.1) is 22.7 Å². The number of nitrogens with one attached hydrogen (secondary N) is 1. The molecule has 1 aromatic heterocycles. The van der Waals surface area contributed by atoms with Crippen molar-refractivity contribution in [1.29, 1.82) is 10.5 Å². The van der Waals surface area contributed by atoms with E-state index < -0.39 is 5.67 Å². The minimum absolute atomic E-state index is 0.104. The van der Waals surface area contributed by atoms with Crippen molar-refractivity contribution in [3.8, 4) is 12.1 Å². The third kappa shape index (κ3) is 2.43. The molecular weight excluding hydrogens is 293 g/mol. The third-order valence-corrected chi connectivity index (χ3v) is 3.59. The van der Waals surface area contributed by atoms with E-state index in [0.717, 1.165) is 0 Å². The molecule has 2 aromatic carbocycles. The number of nitriles is 2. The van der Waals surface area contributed by atoms with E-state index in [1.54, 1.807) is 48.5 Å². The molecule has 0 amide bonds. The van der Waals surface area contributed by atoms with Crippen LogP contribution in [0.3, 0.4) is 0 Å². The Labute approximate surface area is 131 Å². The summed E-state index contributed by atoms with van der Waals surface area (Å²) >= 11 is 0. The van der Waals surface area contributed by atoms with Crippen molar-refractivity contribution in [2.75, 3.05) is 0 Å². The van der Waals surface area contributed by atoms with Crippen LogP contribution in [0.1, 0.15) is 27.9 Å². The normalized spacial score (nSPS) is 10.7. The van der Waals surface area contributed by atoms with Gasteiger partial charge in [0.2, 0.25) is 5.67 Å². The summed E-state index contributed by atoms with van der Waals surface area (Å²) < 4.78 is 16.0. The lowest BCUT2D eigenvalue weighted by Crippen LogP contribution is -2.24. The fourth-order valence-electron chi connectivity index (χ4n) is 2.38. The Morgan fingerprint density at radius 2 is 1.35 bits per heavy atom. The van der Waals surface area contributed by atoms with Crippen molar-refractivity contribution >= 4 is 0 Å². The summed E-state index contributed by atoms with van der Waals surface area (Å²) in [7, 11) is 0. The van der Waals surface area contributed by atoms with E-state index >= 15 is 4.39 Å². The largest absolute Gasteiger partial charge is 0.226 e. The number of benzene rings is 2. The standard InChI is InChI=1S/C17H10FN5/c18-17(16-11-21-23-22-16,14-5-1-12(9-19)2-6-14)15-7-3-13(10-20)4-8-15/h1-8,11H,(H,21,22,23). The van der Waals surface area contributed by atoms with Crippen LogP contribution < -0.4 is 0 Å². The first-order valence-electron chi connectivity index (χ1n) is 6.75. The number of aromatic amines is 1. The van der Waals surface area contributed by atoms with E-state index in [4.69, 9.17) is 10.5 Å². The van der Waals surface area contributed by atoms with Crippen LogP contribution in [-0.2, 0) is 5.67 Å². The summed E-state index contributed by atoms with van der Waals surface area (Å²) in [5.74, 6) is 0. The third-order valence-electron chi connectivity index (χ3n) is 3.59. The Morgan fingerprint density at radius 1 is 0.870 bits per heavy atom. The summed E-state index contributed by atoms with van der Waals surface area (Å²) in [6.45, 7) is 0. The second-order valence-electron chi connectivity index (χ2n) is 4.89. The average Bonchev–Trinajstić information content (AvgIpc) is 3.16. The van der Waals surface area contributed by atoms with Crippen molar-refractivity contribution in [1.82, 2.24) is 15.4 Å². The maximum atomic E-state index is 16.0. The molecule has 3 aromatic rings. The van der Waals surface area contributed by atoms with Crippen LogP contribution in [0.15, 0.2) is 54.7 Å². The first-order chi connectivity index (χ1) is 11.2. The van der Waals surface area contributed by atoms with E-state index in [2.05, 4.69) is 15.4 Å². The van der Waals surface area contributed by atoms with Crippen LogP contribution in [0.5, 0.6) is 0 Å². The van der Waals surface area contributed by atoms with E-state index in [-0.39, 0.29) is 5.69 Å². The molecule has 0 aliphatic heterocycles. The van der Waals surface area contributed by atoms with Gasteiger partial charge in [0.1, 0.15) is 5.69 Å². The van der Waals surface area contributed by atoms with Crippen molar-refractivity contribution in [2.24, 2.45) is 0 Å². The molecule has 1 heterocycles. The highest BCUT2D eigenvalue weighted by Crippen LogP contribution is 2.39. The van der Waals surface area contributed by atoms with Crippen molar-refractivity contribution in [2.45, 2.75) is 5.67 Å². The predicted octanol–water partition coefficient (Wildman–Crippen LogP) is 2.81. The Kier molecular flexibility index (Phi) is 3.58. The van der Waals surface area contributed by atoms with Crippen LogP contribution in [0.25, 0.3) is 0 Å². The highest BCUT2D eigenvalue weighted by atomic mass is 19.1. The number of rotatable bonds is 3. The number of aromatic nitrogens is 3. The molecule has 0 saturated heterocycles. The van der Waals surface area contributed by atoms with Gasteiger partial charge in [0, 0.05) is 0 Å². The van der Waals surface area contributed by atoms with Crippen LogP contribution in [-0.4, -0.2) is 15.4 Å². The van der Waals surface area contributed by atoms with Crippen LogP contribution >= 0.6 is 0 Å². The molecule has 5 nitrogen and oxygen atoms in total. The molecule has 0 saturated carbocycles. The Bertz CT molecular complexity index is 827. The average molecular weight is 303 g/mol. The van der Waals surface area contributed by atoms with Gasteiger partial charge in [-0.2, -0.15) is 25.9 Å². The van der Waals surface area contributed by atoms with Gasteiger partial charge in [-0.05, 0) is 35.4 Å². The number of alkyl halides is 1. The quantitative estimate of drug-likeness (QED) is 0.805.